The second-order valence-corrected chi connectivity index (χ2v) is 4.36. The van der Waals surface area contributed by atoms with E-state index in [1.54, 1.807) is 0 Å². The highest BCUT2D eigenvalue weighted by atomic mass is 16.5. The van der Waals surface area contributed by atoms with Crippen molar-refractivity contribution in [1.29, 1.82) is 0 Å². The fourth-order valence-corrected chi connectivity index (χ4v) is 1.98. The van der Waals surface area contributed by atoms with E-state index in [4.69, 9.17) is 10.5 Å². The van der Waals surface area contributed by atoms with Gasteiger partial charge < -0.3 is 20.7 Å². The summed E-state index contributed by atoms with van der Waals surface area (Å²) >= 11 is 0. The molecule has 2 aliphatic rings. The minimum atomic E-state index is -1.19. The summed E-state index contributed by atoms with van der Waals surface area (Å²) in [5.41, 5.74) is 5.73. The number of amides is 1. The molecule has 0 spiro atoms. The van der Waals surface area contributed by atoms with E-state index < -0.39 is 30.3 Å². The molecule has 0 aromatic carbocycles. The van der Waals surface area contributed by atoms with Crippen molar-refractivity contribution < 1.29 is 19.7 Å². The molecule has 106 valence electrons. The molecule has 2 heterocycles. The highest BCUT2D eigenvalue weighted by molar-refractivity contribution is 6.03. The monoisotopic (exact) mass is 271 g/mol. The number of methoxy groups -OCH3 is 1. The summed E-state index contributed by atoms with van der Waals surface area (Å²) in [6.45, 7) is 0.193. The van der Waals surface area contributed by atoms with Crippen molar-refractivity contribution in [3.8, 4) is 0 Å². The zero-order valence-electron chi connectivity index (χ0n) is 10.4. The third-order valence-corrected chi connectivity index (χ3v) is 2.94. The second kappa shape index (κ2) is 5.61. The Hall–Kier alpha value is -1.55. The third-order valence-electron chi connectivity index (χ3n) is 2.94. The molecule has 4 atom stereocenters. The molecule has 4 unspecified atom stereocenters. The number of ether oxygens (including phenoxy) is 1. The third kappa shape index (κ3) is 2.89. The quantitative estimate of drug-likeness (QED) is 0.360. The molecule has 2 rings (SSSR count). The van der Waals surface area contributed by atoms with Crippen LogP contribution in [0.5, 0.6) is 0 Å². The molecule has 0 aromatic heterocycles. The maximum Gasteiger partial charge on any atom is 0.255 e. The van der Waals surface area contributed by atoms with Crippen LogP contribution in [-0.2, 0) is 9.53 Å². The fraction of sp³-hybridized carbons (Fsp3) is 0.700. The first-order valence-corrected chi connectivity index (χ1v) is 5.82. The van der Waals surface area contributed by atoms with Gasteiger partial charge in [0.1, 0.15) is 18.4 Å². The van der Waals surface area contributed by atoms with E-state index in [0.29, 0.717) is 0 Å². The molecule has 0 fully saturated rings. The predicted octanol–water partition coefficient (Wildman–Crippen LogP) is -3.46. The Morgan fingerprint density at radius 3 is 2.95 bits per heavy atom. The lowest BCUT2D eigenvalue weighted by molar-refractivity contribution is -0.122. The Morgan fingerprint density at radius 2 is 2.26 bits per heavy atom. The summed E-state index contributed by atoms with van der Waals surface area (Å²) in [6.07, 6.45) is -2.82. The van der Waals surface area contributed by atoms with E-state index in [9.17, 15) is 15.0 Å². The van der Waals surface area contributed by atoms with Gasteiger partial charge in [0.05, 0.1) is 12.3 Å². The van der Waals surface area contributed by atoms with Crippen molar-refractivity contribution in [3.05, 3.63) is 0 Å². The summed E-state index contributed by atoms with van der Waals surface area (Å²) in [4.78, 5) is 19.9. The summed E-state index contributed by atoms with van der Waals surface area (Å²) < 4.78 is 4.75. The maximum atomic E-state index is 11.7. The SMILES string of the molecule is COCC(O)C(O)C1=NC2C(=O)NC(N)=NC2NC1. The van der Waals surface area contributed by atoms with Crippen molar-refractivity contribution in [2.45, 2.75) is 24.4 Å². The number of rotatable bonds is 4. The molecular formula is C10H17N5O4. The molecule has 6 N–H and O–H groups in total. The van der Waals surface area contributed by atoms with Gasteiger partial charge in [-0.2, -0.15) is 0 Å². The van der Waals surface area contributed by atoms with Crippen LogP contribution in [0.1, 0.15) is 0 Å². The Kier molecular flexibility index (Phi) is 4.10. The Balaban J connectivity index is 2.13. The highest BCUT2D eigenvalue weighted by Gasteiger charge is 2.37. The van der Waals surface area contributed by atoms with E-state index in [1.807, 2.05) is 0 Å². The first-order chi connectivity index (χ1) is 9.02. The number of fused-ring (bicyclic) bond motifs is 1. The van der Waals surface area contributed by atoms with Gasteiger partial charge >= 0.3 is 0 Å². The summed E-state index contributed by atoms with van der Waals surface area (Å²) in [7, 11) is 1.42. The minimum absolute atomic E-state index is 0.0222. The standard InChI is InChI=1S/C10H17N5O4/c1-19-3-5(16)7(17)4-2-12-8-6(13-4)9(18)15-10(11)14-8/h5-8,12,16-17H,2-3H2,1H3,(H3,11,14,15,18). The van der Waals surface area contributed by atoms with Crippen molar-refractivity contribution in [2.24, 2.45) is 15.7 Å². The zero-order valence-corrected chi connectivity index (χ0v) is 10.4. The number of nitrogens with zero attached hydrogens (tertiary/aromatic N) is 2. The van der Waals surface area contributed by atoms with E-state index in [2.05, 4.69) is 20.6 Å². The highest BCUT2D eigenvalue weighted by Crippen LogP contribution is 2.12. The molecule has 19 heavy (non-hydrogen) atoms. The van der Waals surface area contributed by atoms with Gasteiger partial charge in [0.25, 0.3) is 5.91 Å². The van der Waals surface area contributed by atoms with Gasteiger partial charge in [0.15, 0.2) is 12.0 Å². The molecule has 9 nitrogen and oxygen atoms in total. The predicted molar refractivity (Wildman–Crippen MR) is 66.7 cm³/mol. The van der Waals surface area contributed by atoms with Crippen LogP contribution in [0, 0.1) is 0 Å². The van der Waals surface area contributed by atoms with Gasteiger partial charge in [0.2, 0.25) is 0 Å². The first kappa shape index (κ1) is 13.9. The van der Waals surface area contributed by atoms with Crippen LogP contribution in [-0.4, -0.2) is 72.5 Å². The van der Waals surface area contributed by atoms with Crippen LogP contribution < -0.4 is 16.4 Å². The van der Waals surface area contributed by atoms with E-state index in [-0.39, 0.29) is 24.8 Å². The molecule has 0 saturated heterocycles. The van der Waals surface area contributed by atoms with Crippen LogP contribution >= 0.6 is 0 Å². The number of aliphatic hydroxyl groups excluding tert-OH is 2. The van der Waals surface area contributed by atoms with E-state index >= 15 is 0 Å². The van der Waals surface area contributed by atoms with Gasteiger partial charge in [-0.05, 0) is 0 Å². The van der Waals surface area contributed by atoms with Gasteiger partial charge in [-0.15, -0.1) is 0 Å². The normalized spacial score (nSPS) is 29.7. The number of hydrogen-bond donors (Lipinski definition) is 5. The topological polar surface area (TPSA) is 142 Å². The Labute approximate surface area is 109 Å². The molecule has 1 amide bonds. The van der Waals surface area contributed by atoms with E-state index in [0.717, 1.165) is 0 Å². The number of aliphatic imine (C=N–C) groups is 2. The number of aliphatic hydroxyl groups is 2. The maximum absolute atomic E-state index is 11.7. The molecule has 0 aliphatic carbocycles. The molecule has 0 bridgehead atoms. The molecule has 0 radical (unpaired) electrons. The number of guanidine groups is 1. The number of nitrogens with two attached hydrogens (primary N) is 1. The number of carbonyl (C=O) groups excluding carboxylic acids is 1. The van der Waals surface area contributed by atoms with E-state index in [1.165, 1.54) is 7.11 Å². The number of carbonyl (C=O) groups is 1. The fourth-order valence-electron chi connectivity index (χ4n) is 1.98. The van der Waals surface area contributed by atoms with Crippen LogP contribution in [0.15, 0.2) is 9.98 Å². The Bertz CT molecular complexity index is 424. The van der Waals surface area contributed by atoms with Crippen LogP contribution in [0.3, 0.4) is 0 Å². The van der Waals surface area contributed by atoms with Crippen LogP contribution in [0.4, 0.5) is 0 Å². The lowest BCUT2D eigenvalue weighted by atomic mass is 10.0. The van der Waals surface area contributed by atoms with Crippen molar-refractivity contribution in [1.82, 2.24) is 10.6 Å². The first-order valence-electron chi connectivity index (χ1n) is 5.82. The van der Waals surface area contributed by atoms with Gasteiger partial charge in [-0.1, -0.05) is 0 Å². The minimum Gasteiger partial charge on any atom is -0.388 e. The number of nitrogens with one attached hydrogen (secondary N) is 2. The average molecular weight is 271 g/mol. The van der Waals surface area contributed by atoms with Crippen LogP contribution in [0.2, 0.25) is 0 Å². The van der Waals surface area contributed by atoms with Crippen molar-refractivity contribution in [2.75, 3.05) is 20.3 Å². The summed E-state index contributed by atoms with van der Waals surface area (Å²) in [5.74, 6) is -0.354. The molecule has 0 saturated carbocycles. The van der Waals surface area contributed by atoms with Crippen molar-refractivity contribution in [3.63, 3.8) is 0 Å². The smallest absolute Gasteiger partial charge is 0.255 e. The van der Waals surface area contributed by atoms with Crippen molar-refractivity contribution >= 4 is 17.6 Å². The molecule has 2 aliphatic heterocycles. The summed E-state index contributed by atoms with van der Waals surface area (Å²) in [6, 6.07) is -0.791. The van der Waals surface area contributed by atoms with Gasteiger partial charge in [-0.25, -0.2) is 4.99 Å². The largest absolute Gasteiger partial charge is 0.388 e. The molecule has 9 heteroatoms. The van der Waals surface area contributed by atoms with Gasteiger partial charge in [-0.3, -0.25) is 20.4 Å². The lowest BCUT2D eigenvalue weighted by Gasteiger charge is -2.32. The summed E-state index contributed by atoms with van der Waals surface area (Å²) in [5, 5.41) is 24.9. The van der Waals surface area contributed by atoms with Crippen LogP contribution in [0.25, 0.3) is 0 Å². The Morgan fingerprint density at radius 1 is 1.53 bits per heavy atom. The molecule has 0 aromatic rings. The zero-order chi connectivity index (χ0) is 14.0. The number of hydrogen-bond acceptors (Lipinski definition) is 8. The lowest BCUT2D eigenvalue weighted by Crippen LogP contribution is -2.60. The average Bonchev–Trinajstić information content (AvgIpc) is 2.37. The second-order valence-electron chi connectivity index (χ2n) is 4.36. The van der Waals surface area contributed by atoms with Gasteiger partial charge in [0, 0.05) is 13.7 Å². The molecular weight excluding hydrogens is 254 g/mol.